The van der Waals surface area contributed by atoms with E-state index in [1.165, 1.54) is 11.1 Å². The molecule has 1 aromatic heterocycles. The lowest BCUT2D eigenvalue weighted by atomic mass is 10.0. The van der Waals surface area contributed by atoms with Gasteiger partial charge in [-0.3, -0.25) is 4.79 Å². The van der Waals surface area contributed by atoms with Gasteiger partial charge in [0.05, 0.1) is 6.61 Å². The molecule has 2 heterocycles. The second-order valence-corrected chi connectivity index (χ2v) is 6.75. The molecule has 6 nitrogen and oxygen atoms in total. The molecule has 1 atom stereocenters. The molecule has 1 fully saturated rings. The first-order valence-corrected chi connectivity index (χ1v) is 8.49. The summed E-state index contributed by atoms with van der Waals surface area (Å²) in [6.07, 6.45) is 3.73. The van der Waals surface area contributed by atoms with Crippen molar-refractivity contribution < 1.29 is 14.6 Å². The Kier molecular flexibility index (Phi) is 4.06. The summed E-state index contributed by atoms with van der Waals surface area (Å²) in [5, 5.41) is 13.6. The van der Waals surface area contributed by atoms with Gasteiger partial charge in [-0.1, -0.05) is 24.3 Å². The molecule has 2 aromatic rings. The van der Waals surface area contributed by atoms with E-state index >= 15 is 0 Å². The molecule has 2 aliphatic rings. The number of benzene rings is 1. The third kappa shape index (κ3) is 3.06. The molecule has 1 aliphatic heterocycles. The maximum absolute atomic E-state index is 11.2. The van der Waals surface area contributed by atoms with Gasteiger partial charge < -0.3 is 9.84 Å². The van der Waals surface area contributed by atoms with Crippen LogP contribution in [-0.4, -0.2) is 39.1 Å². The Morgan fingerprint density at radius 1 is 1.29 bits per heavy atom. The third-order valence-corrected chi connectivity index (χ3v) is 4.95. The van der Waals surface area contributed by atoms with Gasteiger partial charge in [0.2, 0.25) is 0 Å². The summed E-state index contributed by atoms with van der Waals surface area (Å²) in [6, 6.07) is 8.51. The van der Waals surface area contributed by atoms with Gasteiger partial charge in [0, 0.05) is 18.9 Å². The number of aliphatic carboxylic acids is 1. The molecule has 0 bridgehead atoms. The lowest BCUT2D eigenvalue weighted by Crippen LogP contribution is -2.16. The Morgan fingerprint density at radius 3 is 2.67 bits per heavy atom. The minimum Gasteiger partial charge on any atom is -0.480 e. The standard InChI is InChI=1S/C18H21N3O3/c22-17(23)10-21-16(19-18(20-21)15-5-6-24-11-15)9-12-7-13-3-1-2-4-14(13)8-12/h1-4,12,15H,5-11H2,(H,22,23). The lowest BCUT2D eigenvalue weighted by molar-refractivity contribution is -0.137. The van der Waals surface area contributed by atoms with Crippen LogP contribution in [0, 0.1) is 5.92 Å². The lowest BCUT2D eigenvalue weighted by Gasteiger charge is -2.08. The van der Waals surface area contributed by atoms with Crippen molar-refractivity contribution in [2.45, 2.75) is 38.1 Å². The van der Waals surface area contributed by atoms with Crippen molar-refractivity contribution in [3.8, 4) is 0 Å². The summed E-state index contributed by atoms with van der Waals surface area (Å²) in [6.45, 7) is 1.23. The van der Waals surface area contributed by atoms with Crippen LogP contribution in [0.3, 0.4) is 0 Å². The van der Waals surface area contributed by atoms with E-state index in [1.807, 2.05) is 0 Å². The summed E-state index contributed by atoms with van der Waals surface area (Å²) in [7, 11) is 0. The topological polar surface area (TPSA) is 77.2 Å². The Balaban J connectivity index is 1.54. The summed E-state index contributed by atoms with van der Waals surface area (Å²) >= 11 is 0. The summed E-state index contributed by atoms with van der Waals surface area (Å²) < 4.78 is 6.98. The maximum atomic E-state index is 11.2. The zero-order valence-corrected chi connectivity index (χ0v) is 13.5. The minimum absolute atomic E-state index is 0.129. The van der Waals surface area contributed by atoms with Crippen molar-refractivity contribution >= 4 is 5.97 Å². The SMILES string of the molecule is O=C(O)Cn1nc(C2CCOC2)nc1CC1Cc2ccccc2C1. The van der Waals surface area contributed by atoms with Crippen LogP contribution < -0.4 is 0 Å². The number of carboxylic acids is 1. The second-order valence-electron chi connectivity index (χ2n) is 6.75. The van der Waals surface area contributed by atoms with Crippen molar-refractivity contribution in [3.05, 3.63) is 47.0 Å². The van der Waals surface area contributed by atoms with E-state index in [1.54, 1.807) is 4.68 Å². The third-order valence-electron chi connectivity index (χ3n) is 4.95. The zero-order chi connectivity index (χ0) is 16.5. The Hall–Kier alpha value is -2.21. The van der Waals surface area contributed by atoms with Crippen molar-refractivity contribution in [2.75, 3.05) is 13.2 Å². The van der Waals surface area contributed by atoms with Crippen LogP contribution in [0.15, 0.2) is 24.3 Å². The van der Waals surface area contributed by atoms with Gasteiger partial charge in [-0.05, 0) is 36.3 Å². The second kappa shape index (κ2) is 6.36. The smallest absolute Gasteiger partial charge is 0.325 e. The van der Waals surface area contributed by atoms with Crippen LogP contribution in [0.1, 0.15) is 35.1 Å². The van der Waals surface area contributed by atoms with Crippen molar-refractivity contribution in [3.63, 3.8) is 0 Å². The summed E-state index contributed by atoms with van der Waals surface area (Å²) in [5.41, 5.74) is 2.80. The van der Waals surface area contributed by atoms with Crippen LogP contribution in [0.4, 0.5) is 0 Å². The molecule has 6 heteroatoms. The zero-order valence-electron chi connectivity index (χ0n) is 13.5. The molecule has 4 rings (SSSR count). The van der Waals surface area contributed by atoms with E-state index in [0.29, 0.717) is 12.5 Å². The first-order chi connectivity index (χ1) is 11.7. The predicted octanol–water partition coefficient (Wildman–Crippen LogP) is 1.82. The van der Waals surface area contributed by atoms with E-state index in [-0.39, 0.29) is 12.5 Å². The highest BCUT2D eigenvalue weighted by Crippen LogP contribution is 2.29. The number of ether oxygens (including phenoxy) is 1. The molecular weight excluding hydrogens is 306 g/mol. The summed E-state index contributed by atoms with van der Waals surface area (Å²) in [4.78, 5) is 15.8. The maximum Gasteiger partial charge on any atom is 0.325 e. The van der Waals surface area contributed by atoms with Crippen molar-refractivity contribution in [1.82, 2.24) is 14.8 Å². The van der Waals surface area contributed by atoms with Crippen molar-refractivity contribution in [2.24, 2.45) is 5.92 Å². The van der Waals surface area contributed by atoms with E-state index in [9.17, 15) is 4.79 Å². The van der Waals surface area contributed by atoms with Gasteiger partial charge in [0.25, 0.3) is 0 Å². The van der Waals surface area contributed by atoms with Crippen molar-refractivity contribution in [1.29, 1.82) is 0 Å². The number of aromatic nitrogens is 3. The van der Waals surface area contributed by atoms with Crippen LogP contribution in [0.25, 0.3) is 0 Å². The molecule has 0 spiro atoms. The number of nitrogens with zero attached hydrogens (tertiary/aromatic N) is 3. The molecule has 1 unspecified atom stereocenters. The highest BCUT2D eigenvalue weighted by Gasteiger charge is 2.27. The Labute approximate surface area is 140 Å². The fourth-order valence-electron chi connectivity index (χ4n) is 3.76. The monoisotopic (exact) mass is 327 g/mol. The van der Waals surface area contributed by atoms with Gasteiger partial charge in [-0.2, -0.15) is 5.10 Å². The number of fused-ring (bicyclic) bond motifs is 1. The van der Waals surface area contributed by atoms with Gasteiger partial charge in [-0.25, -0.2) is 9.67 Å². The number of rotatable bonds is 5. The molecule has 0 amide bonds. The fourth-order valence-corrected chi connectivity index (χ4v) is 3.76. The van der Waals surface area contributed by atoms with E-state index in [0.717, 1.165) is 43.9 Å². The van der Waals surface area contributed by atoms with E-state index in [4.69, 9.17) is 9.84 Å². The Bertz CT molecular complexity index is 725. The van der Waals surface area contributed by atoms with Crippen LogP contribution in [-0.2, 0) is 35.3 Å². The fraction of sp³-hybridized carbons (Fsp3) is 0.500. The molecule has 0 radical (unpaired) electrons. The molecule has 126 valence electrons. The van der Waals surface area contributed by atoms with Gasteiger partial charge in [0.1, 0.15) is 12.4 Å². The molecule has 1 aliphatic carbocycles. The largest absolute Gasteiger partial charge is 0.480 e. The van der Waals surface area contributed by atoms with Crippen LogP contribution in [0.5, 0.6) is 0 Å². The number of carboxylic acid groups (broad SMARTS) is 1. The predicted molar refractivity (Wildman–Crippen MR) is 86.9 cm³/mol. The number of hydrogen-bond acceptors (Lipinski definition) is 4. The molecular formula is C18H21N3O3. The van der Waals surface area contributed by atoms with Crippen LogP contribution in [0.2, 0.25) is 0 Å². The minimum atomic E-state index is -0.884. The average molecular weight is 327 g/mol. The highest BCUT2D eigenvalue weighted by atomic mass is 16.5. The first kappa shape index (κ1) is 15.3. The molecule has 24 heavy (non-hydrogen) atoms. The van der Waals surface area contributed by atoms with Gasteiger partial charge >= 0.3 is 5.97 Å². The number of hydrogen-bond donors (Lipinski definition) is 1. The molecule has 0 saturated carbocycles. The molecule has 1 saturated heterocycles. The normalized spacial score (nSPS) is 20.4. The van der Waals surface area contributed by atoms with E-state index < -0.39 is 5.97 Å². The molecule has 1 aromatic carbocycles. The number of carbonyl (C=O) groups is 1. The van der Waals surface area contributed by atoms with Gasteiger partial charge in [0.15, 0.2) is 5.82 Å². The highest BCUT2D eigenvalue weighted by molar-refractivity contribution is 5.66. The average Bonchev–Trinajstić information content (AvgIpc) is 3.26. The van der Waals surface area contributed by atoms with Crippen LogP contribution >= 0.6 is 0 Å². The summed E-state index contributed by atoms with van der Waals surface area (Å²) in [5.74, 6) is 1.30. The Morgan fingerprint density at radius 2 is 2.04 bits per heavy atom. The van der Waals surface area contributed by atoms with Gasteiger partial charge in [-0.15, -0.1) is 0 Å². The quantitative estimate of drug-likeness (QED) is 0.906. The van der Waals surface area contributed by atoms with E-state index in [2.05, 4.69) is 34.3 Å². The molecule has 1 N–H and O–H groups in total. The first-order valence-electron chi connectivity index (χ1n) is 8.49.